The zero-order valence-electron chi connectivity index (χ0n) is 10.8. The van der Waals surface area contributed by atoms with E-state index in [-0.39, 0.29) is 23.0 Å². The van der Waals surface area contributed by atoms with E-state index < -0.39 is 10.0 Å². The number of benzene rings is 1. The van der Waals surface area contributed by atoms with Crippen LogP contribution in [0.1, 0.15) is 16.1 Å². The van der Waals surface area contributed by atoms with Crippen LogP contribution in [0.25, 0.3) is 0 Å². The number of carbonyl (C=O) groups is 1. The number of hydrogen-bond acceptors (Lipinski definition) is 4. The second-order valence-corrected chi connectivity index (χ2v) is 6.23. The summed E-state index contributed by atoms with van der Waals surface area (Å²) < 4.78 is 22.5. The fourth-order valence-corrected chi connectivity index (χ4v) is 2.31. The molecular weight excluding hydrogens is 314 g/mol. The number of rotatable bonds is 4. The summed E-state index contributed by atoms with van der Waals surface area (Å²) in [6, 6.07) is 9.10. The largest absolute Gasteiger partial charge is 0.347 e. The molecular formula is C13H12ClN3O3S. The monoisotopic (exact) mass is 325 g/mol. The molecule has 0 atom stereocenters. The fourth-order valence-electron chi connectivity index (χ4n) is 1.62. The maximum absolute atomic E-state index is 11.9. The first-order valence-corrected chi connectivity index (χ1v) is 7.80. The van der Waals surface area contributed by atoms with E-state index in [1.165, 1.54) is 24.4 Å². The Labute approximate surface area is 127 Å². The number of amides is 1. The number of hydrogen-bond donors (Lipinski definition) is 2. The molecule has 8 heteroatoms. The normalized spacial score (nSPS) is 11.1. The second-order valence-electron chi connectivity index (χ2n) is 4.24. The molecule has 21 heavy (non-hydrogen) atoms. The van der Waals surface area contributed by atoms with Gasteiger partial charge in [-0.15, -0.1) is 0 Å². The van der Waals surface area contributed by atoms with Crippen LogP contribution in [0.15, 0.2) is 47.5 Å². The summed E-state index contributed by atoms with van der Waals surface area (Å²) in [4.78, 5) is 15.7. The molecule has 0 bridgehead atoms. The Bertz CT molecular complexity index is 760. The van der Waals surface area contributed by atoms with Crippen molar-refractivity contribution in [3.05, 3.63) is 58.9 Å². The number of primary sulfonamides is 1. The summed E-state index contributed by atoms with van der Waals surface area (Å²) in [6.07, 6.45) is 1.37. The van der Waals surface area contributed by atoms with Crippen LogP contribution in [0, 0.1) is 0 Å². The molecule has 1 aromatic heterocycles. The van der Waals surface area contributed by atoms with Crippen molar-refractivity contribution in [3.63, 3.8) is 0 Å². The predicted molar refractivity (Wildman–Crippen MR) is 78.2 cm³/mol. The molecule has 6 nitrogen and oxygen atoms in total. The SMILES string of the molecule is NS(=O)(=O)c1cccc(CNC(=O)c2ccc(Cl)cn2)c1. The third-order valence-corrected chi connectivity index (χ3v) is 3.77. The molecule has 2 rings (SSSR count). The molecule has 0 radical (unpaired) electrons. The molecule has 1 heterocycles. The summed E-state index contributed by atoms with van der Waals surface area (Å²) in [6.45, 7) is 0.159. The first kappa shape index (κ1) is 15.4. The number of nitrogens with zero attached hydrogens (tertiary/aromatic N) is 1. The number of carbonyl (C=O) groups excluding carboxylic acids is 1. The van der Waals surface area contributed by atoms with Crippen LogP contribution in [-0.2, 0) is 16.6 Å². The van der Waals surface area contributed by atoms with Gasteiger partial charge in [-0.05, 0) is 29.8 Å². The van der Waals surface area contributed by atoms with Crippen LogP contribution >= 0.6 is 11.6 Å². The van der Waals surface area contributed by atoms with E-state index in [9.17, 15) is 13.2 Å². The van der Waals surface area contributed by atoms with Crippen LogP contribution in [0.2, 0.25) is 5.02 Å². The van der Waals surface area contributed by atoms with Crippen molar-refractivity contribution in [2.24, 2.45) is 5.14 Å². The second kappa shape index (κ2) is 6.21. The molecule has 0 fully saturated rings. The first-order chi connectivity index (χ1) is 9.86. The van der Waals surface area contributed by atoms with Gasteiger partial charge in [0.25, 0.3) is 5.91 Å². The van der Waals surface area contributed by atoms with E-state index in [4.69, 9.17) is 16.7 Å². The molecule has 1 amide bonds. The van der Waals surface area contributed by atoms with Crippen molar-refractivity contribution in [2.45, 2.75) is 11.4 Å². The minimum atomic E-state index is -3.76. The third-order valence-electron chi connectivity index (χ3n) is 2.64. The van der Waals surface area contributed by atoms with E-state index in [0.717, 1.165) is 0 Å². The maximum Gasteiger partial charge on any atom is 0.270 e. The van der Waals surface area contributed by atoms with E-state index in [0.29, 0.717) is 10.6 Å². The zero-order valence-corrected chi connectivity index (χ0v) is 12.4. The van der Waals surface area contributed by atoms with Gasteiger partial charge in [-0.1, -0.05) is 23.7 Å². The van der Waals surface area contributed by atoms with Crippen LogP contribution in [0.5, 0.6) is 0 Å². The van der Waals surface area contributed by atoms with Gasteiger partial charge in [-0.3, -0.25) is 4.79 Å². The van der Waals surface area contributed by atoms with Crippen molar-refractivity contribution in [3.8, 4) is 0 Å². The smallest absolute Gasteiger partial charge is 0.270 e. The van der Waals surface area contributed by atoms with Gasteiger partial charge >= 0.3 is 0 Å². The molecule has 3 N–H and O–H groups in total. The lowest BCUT2D eigenvalue weighted by molar-refractivity contribution is 0.0946. The molecule has 110 valence electrons. The maximum atomic E-state index is 11.9. The molecule has 0 spiro atoms. The van der Waals surface area contributed by atoms with Gasteiger partial charge < -0.3 is 5.32 Å². The Morgan fingerprint density at radius 3 is 2.67 bits per heavy atom. The van der Waals surface area contributed by atoms with E-state index in [1.807, 2.05) is 0 Å². The van der Waals surface area contributed by atoms with Crippen LogP contribution in [-0.4, -0.2) is 19.3 Å². The third kappa shape index (κ3) is 4.25. The quantitative estimate of drug-likeness (QED) is 0.884. The summed E-state index contributed by atoms with van der Waals surface area (Å²) >= 11 is 5.69. The number of aromatic nitrogens is 1. The molecule has 0 unspecified atom stereocenters. The minimum absolute atomic E-state index is 0.00105. The molecule has 2 aromatic rings. The zero-order chi connectivity index (χ0) is 15.5. The Hall–Kier alpha value is -1.96. The van der Waals surface area contributed by atoms with Crippen molar-refractivity contribution in [2.75, 3.05) is 0 Å². The number of nitrogens with one attached hydrogen (secondary N) is 1. The van der Waals surface area contributed by atoms with Gasteiger partial charge in [0.2, 0.25) is 10.0 Å². The van der Waals surface area contributed by atoms with Crippen LogP contribution < -0.4 is 10.5 Å². The van der Waals surface area contributed by atoms with E-state index in [2.05, 4.69) is 10.3 Å². The van der Waals surface area contributed by atoms with Gasteiger partial charge in [-0.2, -0.15) is 0 Å². The minimum Gasteiger partial charge on any atom is -0.347 e. The highest BCUT2D eigenvalue weighted by molar-refractivity contribution is 7.89. The van der Waals surface area contributed by atoms with Gasteiger partial charge in [0, 0.05) is 12.7 Å². The molecule has 0 saturated heterocycles. The van der Waals surface area contributed by atoms with Crippen molar-refractivity contribution in [1.82, 2.24) is 10.3 Å². The molecule has 0 aliphatic carbocycles. The van der Waals surface area contributed by atoms with Crippen LogP contribution in [0.3, 0.4) is 0 Å². The Kier molecular flexibility index (Phi) is 4.56. The predicted octanol–water partition coefficient (Wildman–Crippen LogP) is 1.31. The Balaban J connectivity index is 2.06. The summed E-state index contributed by atoms with van der Waals surface area (Å²) in [5.41, 5.74) is 0.839. The summed E-state index contributed by atoms with van der Waals surface area (Å²) in [5.74, 6) is -0.382. The average molecular weight is 326 g/mol. The van der Waals surface area contributed by atoms with E-state index >= 15 is 0 Å². The van der Waals surface area contributed by atoms with Crippen LogP contribution in [0.4, 0.5) is 0 Å². The number of pyridine rings is 1. The van der Waals surface area contributed by atoms with Gasteiger partial charge in [0.05, 0.1) is 9.92 Å². The number of sulfonamides is 1. The lowest BCUT2D eigenvalue weighted by atomic mass is 10.2. The Morgan fingerprint density at radius 2 is 2.05 bits per heavy atom. The van der Waals surface area contributed by atoms with E-state index in [1.54, 1.807) is 18.2 Å². The molecule has 0 saturated carbocycles. The topological polar surface area (TPSA) is 102 Å². The van der Waals surface area contributed by atoms with Gasteiger partial charge in [0.15, 0.2) is 0 Å². The number of halogens is 1. The fraction of sp³-hybridized carbons (Fsp3) is 0.0769. The first-order valence-electron chi connectivity index (χ1n) is 5.88. The van der Waals surface area contributed by atoms with Gasteiger partial charge in [0.1, 0.15) is 5.69 Å². The lowest BCUT2D eigenvalue weighted by Crippen LogP contribution is -2.24. The highest BCUT2D eigenvalue weighted by atomic mass is 35.5. The average Bonchev–Trinajstić information content (AvgIpc) is 2.45. The number of nitrogens with two attached hydrogens (primary N) is 1. The van der Waals surface area contributed by atoms with Gasteiger partial charge in [-0.25, -0.2) is 18.5 Å². The standard InChI is InChI=1S/C13H12ClN3O3S/c14-10-4-5-12(16-8-10)13(18)17-7-9-2-1-3-11(6-9)21(15,19)20/h1-6,8H,7H2,(H,17,18)(H2,15,19,20). The molecule has 1 aromatic carbocycles. The molecule has 0 aliphatic heterocycles. The Morgan fingerprint density at radius 1 is 1.29 bits per heavy atom. The summed E-state index contributed by atoms with van der Waals surface area (Å²) in [5, 5.41) is 8.12. The van der Waals surface area contributed by atoms with Crippen molar-refractivity contribution in [1.29, 1.82) is 0 Å². The van der Waals surface area contributed by atoms with Crippen molar-refractivity contribution < 1.29 is 13.2 Å². The molecule has 0 aliphatic rings. The van der Waals surface area contributed by atoms with Crippen molar-refractivity contribution >= 4 is 27.5 Å². The summed E-state index contributed by atoms with van der Waals surface area (Å²) in [7, 11) is -3.76. The highest BCUT2D eigenvalue weighted by Gasteiger charge is 2.10. The lowest BCUT2D eigenvalue weighted by Gasteiger charge is -2.06. The highest BCUT2D eigenvalue weighted by Crippen LogP contribution is 2.10.